The Morgan fingerprint density at radius 2 is 1.93 bits per heavy atom. The number of hydrogen-bond donors (Lipinski definition) is 0. The average Bonchev–Trinajstić information content (AvgIpc) is 2.29. The molecule has 0 saturated heterocycles. The second kappa shape index (κ2) is 8.13. The lowest BCUT2D eigenvalue weighted by Gasteiger charge is -2.29. The van der Waals surface area contributed by atoms with E-state index in [-0.39, 0.29) is 4.08 Å². The predicted octanol–water partition coefficient (Wildman–Crippen LogP) is 4.31. The zero-order chi connectivity index (χ0) is 11.7. The molecule has 1 unspecified atom stereocenters. The van der Waals surface area contributed by atoms with Gasteiger partial charge in [0.05, 0.1) is 6.07 Å². The van der Waals surface area contributed by atoms with Gasteiger partial charge in [-0.15, -0.1) is 23.5 Å². The fraction of sp³-hybridized carbons (Fsp3) is 0.750. The van der Waals surface area contributed by atoms with E-state index in [1.165, 1.54) is 6.42 Å². The van der Waals surface area contributed by atoms with Gasteiger partial charge in [0.25, 0.3) is 0 Å². The van der Waals surface area contributed by atoms with Gasteiger partial charge in [0.1, 0.15) is 0 Å². The van der Waals surface area contributed by atoms with Crippen molar-refractivity contribution in [3.63, 3.8) is 0 Å². The lowest BCUT2D eigenvalue weighted by atomic mass is 10.0. The van der Waals surface area contributed by atoms with Crippen molar-refractivity contribution in [1.29, 1.82) is 5.26 Å². The molecule has 1 nitrogen and oxygen atoms in total. The van der Waals surface area contributed by atoms with Crippen LogP contribution in [0.5, 0.6) is 0 Å². The Morgan fingerprint density at radius 1 is 1.33 bits per heavy atom. The SMILES string of the molecule is CCCC=CC(CC)C(C#N)(SC)SC. The second-order valence-electron chi connectivity index (χ2n) is 3.42. The summed E-state index contributed by atoms with van der Waals surface area (Å²) in [4.78, 5) is 0. The molecule has 0 aliphatic carbocycles. The number of hydrogen-bond acceptors (Lipinski definition) is 3. The Bertz CT molecular complexity index is 226. The fourth-order valence-corrected chi connectivity index (χ4v) is 3.46. The maximum atomic E-state index is 9.31. The quantitative estimate of drug-likeness (QED) is 0.491. The van der Waals surface area contributed by atoms with Crippen LogP contribution in [0.25, 0.3) is 0 Å². The Morgan fingerprint density at radius 3 is 2.27 bits per heavy atom. The second-order valence-corrected chi connectivity index (χ2v) is 5.78. The number of unbranched alkanes of at least 4 members (excludes halogenated alkanes) is 1. The number of nitriles is 1. The molecular weight excluding hydrogens is 222 g/mol. The number of nitrogens with zero attached hydrogens (tertiary/aromatic N) is 1. The molecule has 0 aromatic carbocycles. The van der Waals surface area contributed by atoms with Crippen molar-refractivity contribution in [2.75, 3.05) is 12.5 Å². The Balaban J connectivity index is 4.68. The minimum Gasteiger partial charge on any atom is -0.196 e. The summed E-state index contributed by atoms with van der Waals surface area (Å²) in [5.41, 5.74) is 0. The highest BCUT2D eigenvalue weighted by Crippen LogP contribution is 2.42. The molecule has 0 radical (unpaired) electrons. The molecule has 3 heteroatoms. The van der Waals surface area contributed by atoms with Crippen LogP contribution in [0.4, 0.5) is 0 Å². The third-order valence-corrected chi connectivity index (χ3v) is 5.52. The summed E-state index contributed by atoms with van der Waals surface area (Å²) in [6, 6.07) is 2.47. The van der Waals surface area contributed by atoms with Gasteiger partial charge in [-0.1, -0.05) is 32.4 Å². The maximum absolute atomic E-state index is 9.31. The monoisotopic (exact) mass is 243 g/mol. The van der Waals surface area contributed by atoms with Crippen LogP contribution in [0.3, 0.4) is 0 Å². The highest BCUT2D eigenvalue weighted by molar-refractivity contribution is 8.18. The third-order valence-electron chi connectivity index (χ3n) is 2.51. The summed E-state index contributed by atoms with van der Waals surface area (Å²) >= 11 is 3.32. The van der Waals surface area contributed by atoms with Crippen molar-refractivity contribution in [3.8, 4) is 6.07 Å². The Labute approximate surface area is 103 Å². The van der Waals surface area contributed by atoms with Gasteiger partial charge in [-0.3, -0.25) is 0 Å². The van der Waals surface area contributed by atoms with E-state index in [1.807, 2.05) is 12.5 Å². The first-order valence-electron chi connectivity index (χ1n) is 5.38. The van der Waals surface area contributed by atoms with E-state index < -0.39 is 0 Å². The van der Waals surface area contributed by atoms with E-state index in [0.29, 0.717) is 5.92 Å². The van der Waals surface area contributed by atoms with Crippen molar-refractivity contribution in [2.24, 2.45) is 5.92 Å². The molecule has 0 aliphatic rings. The van der Waals surface area contributed by atoms with Crippen LogP contribution < -0.4 is 0 Å². The first-order chi connectivity index (χ1) is 7.20. The number of rotatable bonds is 7. The normalized spacial score (nSPS) is 14.1. The molecule has 0 bridgehead atoms. The summed E-state index contributed by atoms with van der Waals surface area (Å²) in [7, 11) is 0. The average molecular weight is 243 g/mol. The molecular formula is C12H21NS2. The van der Waals surface area contributed by atoms with Gasteiger partial charge in [-0.05, 0) is 25.4 Å². The molecule has 0 amide bonds. The fourth-order valence-electron chi connectivity index (χ4n) is 1.52. The van der Waals surface area contributed by atoms with Gasteiger partial charge in [-0.2, -0.15) is 5.26 Å². The molecule has 0 spiro atoms. The van der Waals surface area contributed by atoms with Gasteiger partial charge in [-0.25, -0.2) is 0 Å². The minimum absolute atomic E-state index is 0.307. The minimum atomic E-state index is -0.307. The predicted molar refractivity (Wildman–Crippen MR) is 73.2 cm³/mol. The van der Waals surface area contributed by atoms with Gasteiger partial charge >= 0.3 is 0 Å². The molecule has 0 fully saturated rings. The summed E-state index contributed by atoms with van der Waals surface area (Å²) in [6.07, 6.45) is 11.8. The number of thioether (sulfide) groups is 2. The molecule has 1 atom stereocenters. The topological polar surface area (TPSA) is 23.8 Å². The van der Waals surface area contributed by atoms with Crippen molar-refractivity contribution < 1.29 is 0 Å². The first-order valence-corrected chi connectivity index (χ1v) is 7.83. The van der Waals surface area contributed by atoms with E-state index in [2.05, 4.69) is 32.1 Å². The maximum Gasteiger partial charge on any atom is 0.153 e. The summed E-state index contributed by atoms with van der Waals surface area (Å²) < 4.78 is -0.307. The van der Waals surface area contributed by atoms with E-state index in [9.17, 15) is 5.26 Å². The lowest BCUT2D eigenvalue weighted by molar-refractivity contribution is 0.626. The zero-order valence-corrected chi connectivity index (χ0v) is 11.8. The van der Waals surface area contributed by atoms with Crippen molar-refractivity contribution in [1.82, 2.24) is 0 Å². The first kappa shape index (κ1) is 14.9. The Kier molecular flexibility index (Phi) is 8.09. The van der Waals surface area contributed by atoms with Crippen LogP contribution in [-0.2, 0) is 0 Å². The van der Waals surface area contributed by atoms with Crippen LogP contribution in [0.1, 0.15) is 33.1 Å². The molecule has 0 N–H and O–H groups in total. The van der Waals surface area contributed by atoms with E-state index in [1.54, 1.807) is 23.5 Å². The van der Waals surface area contributed by atoms with Crippen LogP contribution in [0.2, 0.25) is 0 Å². The molecule has 15 heavy (non-hydrogen) atoms. The standard InChI is InChI=1S/C12H21NS2/c1-5-7-8-9-11(6-2)12(10-13,14-3)15-4/h8-9,11H,5-7H2,1-4H3. The zero-order valence-electron chi connectivity index (χ0n) is 10.1. The number of allylic oxidation sites excluding steroid dienone is 2. The van der Waals surface area contributed by atoms with Crippen molar-refractivity contribution in [2.45, 2.75) is 37.2 Å². The van der Waals surface area contributed by atoms with Gasteiger partial charge < -0.3 is 0 Å². The van der Waals surface area contributed by atoms with Gasteiger partial charge in [0, 0.05) is 5.92 Å². The smallest absolute Gasteiger partial charge is 0.153 e. The largest absolute Gasteiger partial charge is 0.196 e. The molecule has 0 aromatic rings. The van der Waals surface area contributed by atoms with Crippen LogP contribution in [0, 0.1) is 17.2 Å². The van der Waals surface area contributed by atoms with Gasteiger partial charge in [0.15, 0.2) is 4.08 Å². The molecule has 0 aliphatic heterocycles. The third kappa shape index (κ3) is 4.12. The summed E-state index contributed by atoms with van der Waals surface area (Å²) in [5, 5.41) is 9.31. The Hall–Kier alpha value is -0.0700. The molecule has 0 saturated carbocycles. The highest BCUT2D eigenvalue weighted by atomic mass is 32.2. The molecule has 0 heterocycles. The molecule has 0 rings (SSSR count). The summed E-state index contributed by atoms with van der Waals surface area (Å²) in [6.45, 7) is 4.32. The van der Waals surface area contributed by atoms with E-state index in [0.717, 1.165) is 12.8 Å². The van der Waals surface area contributed by atoms with E-state index >= 15 is 0 Å². The summed E-state index contributed by atoms with van der Waals surface area (Å²) in [5.74, 6) is 0.346. The molecule has 86 valence electrons. The van der Waals surface area contributed by atoms with Crippen LogP contribution in [0.15, 0.2) is 12.2 Å². The highest BCUT2D eigenvalue weighted by Gasteiger charge is 2.35. The van der Waals surface area contributed by atoms with Crippen molar-refractivity contribution >= 4 is 23.5 Å². The van der Waals surface area contributed by atoms with E-state index in [4.69, 9.17) is 0 Å². The molecule has 0 aromatic heterocycles. The van der Waals surface area contributed by atoms with Crippen LogP contribution in [-0.4, -0.2) is 16.6 Å². The lowest BCUT2D eigenvalue weighted by Crippen LogP contribution is -2.27. The van der Waals surface area contributed by atoms with Crippen molar-refractivity contribution in [3.05, 3.63) is 12.2 Å². The van der Waals surface area contributed by atoms with Gasteiger partial charge in [0.2, 0.25) is 0 Å². The van der Waals surface area contributed by atoms with Crippen LogP contribution >= 0.6 is 23.5 Å².